The number of rotatable bonds is 7. The number of hydrogen-bond acceptors (Lipinski definition) is 5. The van der Waals surface area contributed by atoms with E-state index in [0.717, 1.165) is 11.1 Å². The van der Waals surface area contributed by atoms with Crippen LogP contribution in [0.2, 0.25) is 0 Å². The molecule has 0 bridgehead atoms. The third kappa shape index (κ3) is 6.18. The van der Waals surface area contributed by atoms with E-state index in [1.165, 1.54) is 18.4 Å². The minimum absolute atomic E-state index is 0.00166. The first-order valence-corrected chi connectivity index (χ1v) is 12.6. The molecule has 7 nitrogen and oxygen atoms in total. The first-order valence-electron chi connectivity index (χ1n) is 12.6. The van der Waals surface area contributed by atoms with Gasteiger partial charge >= 0.3 is 0 Å². The number of carbonyl (C=O) groups is 2. The number of carbonyl (C=O) groups excluding carboxylic acids is 2. The molecule has 0 aliphatic carbocycles. The molecule has 0 radical (unpaired) electrons. The number of nitrogens with zero attached hydrogens (tertiary/aromatic N) is 2. The molecule has 196 valence electrons. The van der Waals surface area contributed by atoms with Crippen LogP contribution in [0.1, 0.15) is 73.7 Å². The summed E-state index contributed by atoms with van der Waals surface area (Å²) in [6.45, 7) is 10.8. The quantitative estimate of drug-likeness (QED) is 0.469. The van der Waals surface area contributed by atoms with Gasteiger partial charge in [-0.3, -0.25) is 9.59 Å². The zero-order chi connectivity index (χ0) is 26.7. The Kier molecular flexibility index (Phi) is 7.66. The fourth-order valence-electron chi connectivity index (χ4n) is 4.38. The van der Waals surface area contributed by atoms with Crippen LogP contribution < -0.4 is 10.1 Å². The predicted octanol–water partition coefficient (Wildman–Crippen LogP) is 5.30. The van der Waals surface area contributed by atoms with Crippen molar-refractivity contribution in [2.75, 3.05) is 13.1 Å². The maximum atomic E-state index is 14.2. The van der Waals surface area contributed by atoms with Crippen molar-refractivity contribution in [2.45, 2.75) is 53.7 Å². The van der Waals surface area contributed by atoms with Gasteiger partial charge in [0.1, 0.15) is 17.8 Å². The molecule has 0 saturated carbocycles. The van der Waals surface area contributed by atoms with E-state index < -0.39 is 11.5 Å². The fraction of sp³-hybridized carbons (Fsp3) is 0.414. The van der Waals surface area contributed by atoms with Gasteiger partial charge in [-0.1, -0.05) is 52.8 Å². The Labute approximate surface area is 217 Å². The number of nitrogens with one attached hydrogen (secondary N) is 1. The van der Waals surface area contributed by atoms with E-state index in [-0.39, 0.29) is 35.8 Å². The highest BCUT2D eigenvalue weighted by Gasteiger charge is 2.37. The predicted molar refractivity (Wildman–Crippen MR) is 138 cm³/mol. The lowest BCUT2D eigenvalue weighted by molar-refractivity contribution is -0.141. The van der Waals surface area contributed by atoms with Crippen molar-refractivity contribution < 1.29 is 23.1 Å². The summed E-state index contributed by atoms with van der Waals surface area (Å²) in [5.41, 5.74) is 2.31. The third-order valence-electron chi connectivity index (χ3n) is 6.23. The Balaban J connectivity index is 1.57. The van der Waals surface area contributed by atoms with Gasteiger partial charge in [0.15, 0.2) is 12.3 Å². The fourth-order valence-corrected chi connectivity index (χ4v) is 4.38. The highest BCUT2D eigenvalue weighted by Crippen LogP contribution is 2.39. The van der Waals surface area contributed by atoms with E-state index in [0.29, 0.717) is 36.7 Å². The van der Waals surface area contributed by atoms with Crippen LogP contribution in [-0.4, -0.2) is 34.8 Å². The van der Waals surface area contributed by atoms with Crippen LogP contribution in [0.15, 0.2) is 53.1 Å². The van der Waals surface area contributed by atoms with Gasteiger partial charge < -0.3 is 19.4 Å². The van der Waals surface area contributed by atoms with Crippen molar-refractivity contribution in [3.63, 3.8) is 0 Å². The van der Waals surface area contributed by atoms with Crippen LogP contribution in [0.3, 0.4) is 0 Å². The van der Waals surface area contributed by atoms with Crippen molar-refractivity contribution in [2.24, 2.45) is 11.3 Å². The van der Waals surface area contributed by atoms with Gasteiger partial charge in [-0.05, 0) is 53.3 Å². The molecule has 1 aliphatic heterocycles. The van der Waals surface area contributed by atoms with Crippen LogP contribution in [-0.2, 0) is 17.8 Å². The second-order valence-electron chi connectivity index (χ2n) is 10.8. The Bertz CT molecular complexity index is 1280. The summed E-state index contributed by atoms with van der Waals surface area (Å²) in [7, 11) is 0. The Morgan fingerprint density at radius 3 is 2.70 bits per heavy atom. The molecule has 1 unspecified atom stereocenters. The summed E-state index contributed by atoms with van der Waals surface area (Å²) in [6, 6.07) is 11.7. The smallest absolute Gasteiger partial charge is 0.273 e. The summed E-state index contributed by atoms with van der Waals surface area (Å²) >= 11 is 0. The van der Waals surface area contributed by atoms with Crippen LogP contribution >= 0.6 is 0 Å². The number of aromatic nitrogens is 1. The highest BCUT2D eigenvalue weighted by molar-refractivity contribution is 5.91. The van der Waals surface area contributed by atoms with Crippen molar-refractivity contribution in [3.05, 3.63) is 82.8 Å². The SMILES string of the molecule is CC(C)CNC(=O)c1coc(COc2ccc3c(c2)C(c2cccc(F)c2)N(C(=O)C(C)(C)C)CC3)n1. The van der Waals surface area contributed by atoms with Crippen LogP contribution in [0.25, 0.3) is 0 Å². The molecular formula is C29H34FN3O4. The van der Waals surface area contributed by atoms with Crippen molar-refractivity contribution in [1.29, 1.82) is 0 Å². The minimum atomic E-state index is -0.582. The molecule has 37 heavy (non-hydrogen) atoms. The van der Waals surface area contributed by atoms with E-state index in [1.807, 2.05) is 63.8 Å². The average molecular weight is 508 g/mol. The van der Waals surface area contributed by atoms with Gasteiger partial charge in [-0.2, -0.15) is 0 Å². The number of fused-ring (bicyclic) bond motifs is 1. The van der Waals surface area contributed by atoms with Crippen molar-refractivity contribution in [1.82, 2.24) is 15.2 Å². The molecule has 1 atom stereocenters. The summed E-state index contributed by atoms with van der Waals surface area (Å²) < 4.78 is 25.6. The van der Waals surface area contributed by atoms with Gasteiger partial charge in [-0.15, -0.1) is 0 Å². The second kappa shape index (κ2) is 10.7. The van der Waals surface area contributed by atoms with Gasteiger partial charge in [-0.25, -0.2) is 9.37 Å². The van der Waals surface area contributed by atoms with Gasteiger partial charge in [0.2, 0.25) is 11.8 Å². The second-order valence-corrected chi connectivity index (χ2v) is 10.8. The number of ether oxygens (including phenoxy) is 1. The monoisotopic (exact) mass is 507 g/mol. The van der Waals surface area contributed by atoms with E-state index in [2.05, 4.69) is 10.3 Å². The number of benzene rings is 2. The normalized spacial score (nSPS) is 15.4. The van der Waals surface area contributed by atoms with Gasteiger partial charge in [0.25, 0.3) is 5.91 Å². The summed E-state index contributed by atoms with van der Waals surface area (Å²) in [5.74, 6) is 0.527. The molecule has 3 aromatic rings. The largest absolute Gasteiger partial charge is 0.484 e. The highest BCUT2D eigenvalue weighted by atomic mass is 19.1. The summed E-state index contributed by atoms with van der Waals surface area (Å²) in [5, 5.41) is 2.81. The Morgan fingerprint density at radius 2 is 2.00 bits per heavy atom. The van der Waals surface area contributed by atoms with Crippen molar-refractivity contribution >= 4 is 11.8 Å². The molecule has 0 saturated heterocycles. The van der Waals surface area contributed by atoms with E-state index in [9.17, 15) is 14.0 Å². The maximum Gasteiger partial charge on any atom is 0.273 e. The first kappa shape index (κ1) is 26.4. The van der Waals surface area contributed by atoms with Crippen molar-refractivity contribution in [3.8, 4) is 5.75 Å². The topological polar surface area (TPSA) is 84.7 Å². The average Bonchev–Trinajstić information content (AvgIpc) is 3.33. The number of hydrogen-bond donors (Lipinski definition) is 1. The lowest BCUT2D eigenvalue weighted by Gasteiger charge is -2.41. The van der Waals surface area contributed by atoms with E-state index in [1.54, 1.807) is 6.07 Å². The summed E-state index contributed by atoms with van der Waals surface area (Å²) in [6.07, 6.45) is 2.01. The van der Waals surface area contributed by atoms with Crippen LogP contribution in [0.5, 0.6) is 5.75 Å². The van der Waals surface area contributed by atoms with E-state index >= 15 is 0 Å². The van der Waals surface area contributed by atoms with Gasteiger partial charge in [0.05, 0.1) is 6.04 Å². The number of oxazole rings is 1. The molecular weight excluding hydrogens is 473 g/mol. The zero-order valence-electron chi connectivity index (χ0n) is 22.0. The van der Waals surface area contributed by atoms with E-state index in [4.69, 9.17) is 9.15 Å². The first-order chi connectivity index (χ1) is 17.5. The molecule has 1 aromatic heterocycles. The third-order valence-corrected chi connectivity index (χ3v) is 6.23. The summed E-state index contributed by atoms with van der Waals surface area (Å²) in [4.78, 5) is 31.7. The lowest BCUT2D eigenvalue weighted by atomic mass is 9.85. The van der Waals surface area contributed by atoms with Gasteiger partial charge in [0, 0.05) is 18.5 Å². The number of amides is 2. The molecule has 0 spiro atoms. The minimum Gasteiger partial charge on any atom is -0.484 e. The Morgan fingerprint density at radius 1 is 1.22 bits per heavy atom. The molecule has 4 rings (SSSR count). The molecule has 2 amide bonds. The molecule has 1 aliphatic rings. The lowest BCUT2D eigenvalue weighted by Crippen LogP contribution is -2.45. The van der Waals surface area contributed by atoms with Crippen LogP contribution in [0, 0.1) is 17.2 Å². The molecule has 0 fully saturated rings. The molecule has 8 heteroatoms. The molecule has 2 aromatic carbocycles. The molecule has 1 N–H and O–H groups in total. The zero-order valence-corrected chi connectivity index (χ0v) is 22.0. The number of halogens is 1. The molecule has 2 heterocycles. The van der Waals surface area contributed by atoms with Crippen LogP contribution in [0.4, 0.5) is 4.39 Å². The Hall–Kier alpha value is -3.68. The standard InChI is InChI=1S/C29H34FN3O4/c1-18(2)15-31-27(34)24-16-37-25(32-24)17-36-22-10-9-19-11-12-33(28(35)29(3,4)5)26(23(19)14-22)20-7-6-8-21(30)13-20/h6-10,13-14,16,18,26H,11-12,15,17H2,1-5H3,(H,31,34). The maximum absolute atomic E-state index is 14.2.